The number of nitrogens with one attached hydrogen (secondary N) is 1. The van der Waals surface area contributed by atoms with Gasteiger partial charge in [-0.2, -0.15) is 0 Å². The number of carbonyl (C=O) groups is 2. The summed E-state index contributed by atoms with van der Waals surface area (Å²) in [6.07, 6.45) is 0.301. The Kier molecular flexibility index (Phi) is 7.08. The third-order valence-electron chi connectivity index (χ3n) is 3.03. The summed E-state index contributed by atoms with van der Waals surface area (Å²) in [6, 6.07) is 6.81. The van der Waals surface area contributed by atoms with Gasteiger partial charge in [0, 0.05) is 31.7 Å². The van der Waals surface area contributed by atoms with Gasteiger partial charge in [-0.05, 0) is 38.1 Å². The van der Waals surface area contributed by atoms with E-state index in [1.165, 1.54) is 0 Å². The Balaban J connectivity index is 2.22. The second kappa shape index (κ2) is 8.84. The molecule has 0 radical (unpaired) electrons. The largest absolute Gasteiger partial charge is 0.484 e. The van der Waals surface area contributed by atoms with Crippen molar-refractivity contribution in [3.8, 4) is 5.75 Å². The highest BCUT2D eigenvalue weighted by molar-refractivity contribution is 5.79. The summed E-state index contributed by atoms with van der Waals surface area (Å²) >= 11 is 0. The molecule has 3 N–H and O–H groups in total. The van der Waals surface area contributed by atoms with Crippen LogP contribution in [0.2, 0.25) is 0 Å². The first-order valence-corrected chi connectivity index (χ1v) is 7.09. The van der Waals surface area contributed by atoms with Gasteiger partial charge < -0.3 is 20.7 Å². The molecule has 0 aliphatic rings. The lowest BCUT2D eigenvalue weighted by Crippen LogP contribution is -2.35. The summed E-state index contributed by atoms with van der Waals surface area (Å²) < 4.78 is 5.31. The molecule has 0 spiro atoms. The molecule has 0 fully saturated rings. The van der Waals surface area contributed by atoms with E-state index in [1.54, 1.807) is 29.2 Å². The normalized spacial score (nSPS) is 10.0. The Hall–Kier alpha value is -2.24. The predicted molar refractivity (Wildman–Crippen MR) is 81.9 cm³/mol. The Bertz CT molecular complexity index is 456. The SMILES string of the molecule is CCN(CC)C(=O)CCNC(=O)COc1ccc(N)cc1. The number of amides is 2. The number of rotatable bonds is 8. The lowest BCUT2D eigenvalue weighted by Gasteiger charge is -2.18. The van der Waals surface area contributed by atoms with Crippen molar-refractivity contribution in [2.75, 3.05) is 32.0 Å². The molecule has 0 saturated carbocycles. The molecule has 0 aliphatic heterocycles. The molecule has 21 heavy (non-hydrogen) atoms. The van der Waals surface area contributed by atoms with E-state index < -0.39 is 0 Å². The first-order valence-electron chi connectivity index (χ1n) is 7.09. The van der Waals surface area contributed by atoms with Crippen LogP contribution in [0.5, 0.6) is 5.75 Å². The molecule has 0 heterocycles. The smallest absolute Gasteiger partial charge is 0.257 e. The van der Waals surface area contributed by atoms with E-state index in [0.717, 1.165) is 0 Å². The minimum atomic E-state index is -0.251. The Labute approximate surface area is 125 Å². The van der Waals surface area contributed by atoms with Crippen molar-refractivity contribution in [1.29, 1.82) is 0 Å². The molecular weight excluding hydrogens is 270 g/mol. The van der Waals surface area contributed by atoms with Crippen molar-refractivity contribution >= 4 is 17.5 Å². The van der Waals surface area contributed by atoms with Gasteiger partial charge in [0.25, 0.3) is 5.91 Å². The monoisotopic (exact) mass is 293 g/mol. The van der Waals surface area contributed by atoms with Crippen molar-refractivity contribution in [2.24, 2.45) is 0 Å². The molecule has 0 bridgehead atoms. The number of carbonyl (C=O) groups excluding carboxylic acids is 2. The molecule has 0 atom stereocenters. The molecule has 0 aromatic heterocycles. The van der Waals surface area contributed by atoms with E-state index in [0.29, 0.717) is 37.5 Å². The second-order valence-electron chi connectivity index (χ2n) is 4.52. The number of ether oxygens (including phenoxy) is 1. The van der Waals surface area contributed by atoms with Gasteiger partial charge >= 0.3 is 0 Å². The maximum atomic E-state index is 11.7. The summed E-state index contributed by atoms with van der Waals surface area (Å²) in [5.41, 5.74) is 6.19. The van der Waals surface area contributed by atoms with Crippen molar-refractivity contribution in [3.63, 3.8) is 0 Å². The lowest BCUT2D eigenvalue weighted by molar-refractivity contribution is -0.130. The average Bonchev–Trinajstić information content (AvgIpc) is 2.48. The summed E-state index contributed by atoms with van der Waals surface area (Å²) in [6.45, 7) is 5.47. The van der Waals surface area contributed by atoms with Gasteiger partial charge in [0.2, 0.25) is 5.91 Å². The number of anilines is 1. The van der Waals surface area contributed by atoms with Gasteiger partial charge in [0.15, 0.2) is 6.61 Å². The fourth-order valence-electron chi connectivity index (χ4n) is 1.81. The van der Waals surface area contributed by atoms with Gasteiger partial charge in [-0.25, -0.2) is 0 Å². The van der Waals surface area contributed by atoms with E-state index in [4.69, 9.17) is 10.5 Å². The molecule has 6 heteroatoms. The number of nitrogen functional groups attached to an aromatic ring is 1. The van der Waals surface area contributed by atoms with Crippen LogP contribution >= 0.6 is 0 Å². The van der Waals surface area contributed by atoms with Crippen LogP contribution in [0, 0.1) is 0 Å². The predicted octanol–water partition coefficient (Wildman–Crippen LogP) is 1.02. The van der Waals surface area contributed by atoms with Gasteiger partial charge in [-0.15, -0.1) is 0 Å². The van der Waals surface area contributed by atoms with Gasteiger partial charge in [0.1, 0.15) is 5.75 Å². The van der Waals surface area contributed by atoms with Crippen LogP contribution in [-0.4, -0.2) is 43.0 Å². The maximum absolute atomic E-state index is 11.7. The van der Waals surface area contributed by atoms with Crippen LogP contribution in [0.15, 0.2) is 24.3 Å². The molecule has 1 aromatic carbocycles. The number of nitrogens with zero attached hydrogens (tertiary/aromatic N) is 1. The quantitative estimate of drug-likeness (QED) is 0.701. The van der Waals surface area contributed by atoms with E-state index in [9.17, 15) is 9.59 Å². The molecule has 6 nitrogen and oxygen atoms in total. The Morgan fingerprint density at radius 1 is 1.19 bits per heavy atom. The number of benzene rings is 1. The third-order valence-corrected chi connectivity index (χ3v) is 3.03. The lowest BCUT2D eigenvalue weighted by atomic mass is 10.3. The van der Waals surface area contributed by atoms with Crippen molar-refractivity contribution in [2.45, 2.75) is 20.3 Å². The summed E-state index contributed by atoms with van der Waals surface area (Å²) in [5, 5.41) is 2.66. The molecule has 1 aromatic rings. The van der Waals surface area contributed by atoms with Crippen molar-refractivity contribution < 1.29 is 14.3 Å². The fourth-order valence-corrected chi connectivity index (χ4v) is 1.81. The summed E-state index contributed by atoms with van der Waals surface area (Å²) in [4.78, 5) is 25.1. The molecule has 116 valence electrons. The van der Waals surface area contributed by atoms with Crippen LogP contribution in [-0.2, 0) is 9.59 Å². The molecule has 0 saturated heterocycles. The topological polar surface area (TPSA) is 84.7 Å². The van der Waals surface area contributed by atoms with Crippen LogP contribution in [0.25, 0.3) is 0 Å². The highest BCUT2D eigenvalue weighted by Crippen LogP contribution is 2.12. The van der Waals surface area contributed by atoms with E-state index in [2.05, 4.69) is 5.32 Å². The summed E-state index contributed by atoms with van der Waals surface area (Å²) in [5.74, 6) is 0.373. The van der Waals surface area contributed by atoms with E-state index in [-0.39, 0.29) is 18.4 Å². The Morgan fingerprint density at radius 3 is 2.38 bits per heavy atom. The first-order chi connectivity index (χ1) is 10.1. The highest BCUT2D eigenvalue weighted by Gasteiger charge is 2.09. The average molecular weight is 293 g/mol. The zero-order chi connectivity index (χ0) is 15.7. The van der Waals surface area contributed by atoms with E-state index >= 15 is 0 Å². The van der Waals surface area contributed by atoms with Crippen LogP contribution in [0.1, 0.15) is 20.3 Å². The van der Waals surface area contributed by atoms with Crippen molar-refractivity contribution in [3.05, 3.63) is 24.3 Å². The second-order valence-corrected chi connectivity index (χ2v) is 4.52. The number of hydrogen-bond acceptors (Lipinski definition) is 4. The van der Waals surface area contributed by atoms with Crippen LogP contribution in [0.3, 0.4) is 0 Å². The fraction of sp³-hybridized carbons (Fsp3) is 0.467. The van der Waals surface area contributed by atoms with Gasteiger partial charge in [-0.1, -0.05) is 0 Å². The van der Waals surface area contributed by atoms with Gasteiger partial charge in [0.05, 0.1) is 0 Å². The van der Waals surface area contributed by atoms with Crippen LogP contribution < -0.4 is 15.8 Å². The zero-order valence-corrected chi connectivity index (χ0v) is 12.6. The molecular formula is C15H23N3O3. The highest BCUT2D eigenvalue weighted by atomic mass is 16.5. The zero-order valence-electron chi connectivity index (χ0n) is 12.6. The number of nitrogens with two attached hydrogens (primary N) is 1. The van der Waals surface area contributed by atoms with E-state index in [1.807, 2.05) is 13.8 Å². The molecule has 2 amide bonds. The third kappa shape index (κ3) is 6.16. The minimum absolute atomic E-state index is 0.0414. The maximum Gasteiger partial charge on any atom is 0.257 e. The Morgan fingerprint density at radius 2 is 1.81 bits per heavy atom. The first kappa shape index (κ1) is 16.8. The molecule has 1 rings (SSSR count). The standard InChI is InChI=1S/C15H23N3O3/c1-3-18(4-2)15(20)9-10-17-14(19)11-21-13-7-5-12(16)6-8-13/h5-8H,3-4,9-11,16H2,1-2H3,(H,17,19). The summed E-state index contributed by atoms with van der Waals surface area (Å²) in [7, 11) is 0. The molecule has 0 aliphatic carbocycles. The minimum Gasteiger partial charge on any atom is -0.484 e. The van der Waals surface area contributed by atoms with Gasteiger partial charge in [-0.3, -0.25) is 9.59 Å². The number of hydrogen-bond donors (Lipinski definition) is 2. The van der Waals surface area contributed by atoms with Crippen molar-refractivity contribution in [1.82, 2.24) is 10.2 Å². The van der Waals surface area contributed by atoms with Crippen LogP contribution in [0.4, 0.5) is 5.69 Å². The molecule has 0 unspecified atom stereocenters.